The van der Waals surface area contributed by atoms with Crippen LogP contribution in [-0.2, 0) is 9.59 Å². The molecule has 2 aromatic rings. The molecule has 0 spiro atoms. The lowest BCUT2D eigenvalue weighted by Gasteiger charge is -2.28. The van der Waals surface area contributed by atoms with E-state index in [0.29, 0.717) is 13.1 Å². The van der Waals surface area contributed by atoms with E-state index in [9.17, 15) is 9.59 Å². The number of benzene rings is 2. The van der Waals surface area contributed by atoms with E-state index in [4.69, 9.17) is 5.73 Å². The lowest BCUT2D eigenvalue weighted by atomic mass is 9.89. The van der Waals surface area contributed by atoms with Crippen LogP contribution in [0.15, 0.2) is 54.6 Å². The van der Waals surface area contributed by atoms with E-state index in [1.54, 1.807) is 0 Å². The third-order valence-electron chi connectivity index (χ3n) is 5.20. The zero-order valence-corrected chi connectivity index (χ0v) is 15.1. The monoisotopic (exact) mass is 371 g/mol. The average Bonchev–Trinajstić information content (AvgIpc) is 3.03. The Morgan fingerprint density at radius 2 is 1.73 bits per heavy atom. The number of anilines is 1. The second-order valence-corrected chi connectivity index (χ2v) is 6.82. The quantitative estimate of drug-likeness (QED) is 0.851. The largest absolute Gasteiger partial charge is 0.340 e. The van der Waals surface area contributed by atoms with Crippen molar-refractivity contribution in [1.29, 1.82) is 0 Å². The van der Waals surface area contributed by atoms with Crippen LogP contribution in [0.3, 0.4) is 0 Å². The number of likely N-dealkylation sites (tertiary alicyclic amines) is 1. The summed E-state index contributed by atoms with van der Waals surface area (Å²) in [4.78, 5) is 26.9. The molecule has 26 heavy (non-hydrogen) atoms. The van der Waals surface area contributed by atoms with Gasteiger partial charge in [0, 0.05) is 37.2 Å². The third-order valence-corrected chi connectivity index (χ3v) is 5.20. The highest BCUT2D eigenvalue weighted by Crippen LogP contribution is 2.35. The van der Waals surface area contributed by atoms with Crippen molar-refractivity contribution in [3.05, 3.63) is 65.7 Å². The smallest absolute Gasteiger partial charge is 0.230 e. The summed E-state index contributed by atoms with van der Waals surface area (Å²) < 4.78 is 0. The molecule has 5 nitrogen and oxygen atoms in total. The second kappa shape index (κ2) is 7.48. The van der Waals surface area contributed by atoms with Crippen LogP contribution in [0.25, 0.3) is 0 Å². The predicted octanol–water partition coefficient (Wildman–Crippen LogP) is 2.49. The van der Waals surface area contributed by atoms with Crippen molar-refractivity contribution in [3.63, 3.8) is 0 Å². The van der Waals surface area contributed by atoms with Crippen LogP contribution in [-0.4, -0.2) is 35.8 Å². The van der Waals surface area contributed by atoms with Crippen LogP contribution in [0.2, 0.25) is 0 Å². The summed E-state index contributed by atoms with van der Waals surface area (Å²) in [6.07, 6.45) is 0.192. The van der Waals surface area contributed by atoms with E-state index in [1.165, 1.54) is 0 Å². The van der Waals surface area contributed by atoms with E-state index in [0.717, 1.165) is 16.8 Å². The zero-order valence-electron chi connectivity index (χ0n) is 14.3. The minimum atomic E-state index is -0.424. The van der Waals surface area contributed by atoms with Gasteiger partial charge in [0.05, 0.1) is 5.92 Å². The number of hydrogen-bond acceptors (Lipinski definition) is 3. The van der Waals surface area contributed by atoms with E-state index in [1.807, 2.05) is 47.4 Å². The zero-order chi connectivity index (χ0) is 17.4. The van der Waals surface area contributed by atoms with Crippen molar-refractivity contribution >= 4 is 29.9 Å². The molecule has 6 heteroatoms. The van der Waals surface area contributed by atoms with E-state index < -0.39 is 5.92 Å². The Morgan fingerprint density at radius 1 is 1.04 bits per heavy atom. The fourth-order valence-corrected chi connectivity index (χ4v) is 3.91. The van der Waals surface area contributed by atoms with Crippen LogP contribution in [0.4, 0.5) is 5.69 Å². The molecule has 1 saturated heterocycles. The molecule has 4 rings (SSSR count). The highest BCUT2D eigenvalue weighted by atomic mass is 35.5. The number of nitrogens with zero attached hydrogens (tertiary/aromatic N) is 1. The van der Waals surface area contributed by atoms with Gasteiger partial charge in [0.25, 0.3) is 0 Å². The molecule has 3 atom stereocenters. The maximum absolute atomic E-state index is 13.1. The summed E-state index contributed by atoms with van der Waals surface area (Å²) >= 11 is 0. The highest BCUT2D eigenvalue weighted by molar-refractivity contribution is 6.01. The molecular weight excluding hydrogens is 350 g/mol. The van der Waals surface area contributed by atoms with Gasteiger partial charge in [-0.15, -0.1) is 12.4 Å². The summed E-state index contributed by atoms with van der Waals surface area (Å²) in [7, 11) is 0. The minimum absolute atomic E-state index is 0. The molecule has 3 N–H and O–H groups in total. The Kier molecular flexibility index (Phi) is 5.30. The molecule has 2 amide bonds. The lowest BCUT2D eigenvalue weighted by Crippen LogP contribution is -2.38. The first-order chi connectivity index (χ1) is 12.1. The maximum Gasteiger partial charge on any atom is 0.230 e. The van der Waals surface area contributed by atoms with Crippen LogP contribution < -0.4 is 11.1 Å². The SMILES string of the molecule is Cl.N[C@@H]1CN(C(=O)C2CC(=O)Nc3ccccc32)C[C@H]1c1ccccc1. The van der Waals surface area contributed by atoms with Gasteiger partial charge in [0.1, 0.15) is 0 Å². The Morgan fingerprint density at radius 3 is 2.50 bits per heavy atom. The number of amides is 2. The van der Waals surface area contributed by atoms with Crippen molar-refractivity contribution in [2.75, 3.05) is 18.4 Å². The number of carbonyl (C=O) groups is 2. The fourth-order valence-electron chi connectivity index (χ4n) is 3.91. The third kappa shape index (κ3) is 3.32. The summed E-state index contributed by atoms with van der Waals surface area (Å²) in [5.74, 6) is -0.402. The predicted molar refractivity (Wildman–Crippen MR) is 103 cm³/mol. The molecule has 2 aromatic carbocycles. The number of rotatable bonds is 2. The number of fused-ring (bicyclic) bond motifs is 1. The number of nitrogens with one attached hydrogen (secondary N) is 1. The number of nitrogens with two attached hydrogens (primary N) is 1. The molecule has 0 radical (unpaired) electrons. The molecule has 0 saturated carbocycles. The first-order valence-electron chi connectivity index (χ1n) is 8.61. The van der Waals surface area contributed by atoms with Crippen LogP contribution in [0.1, 0.15) is 29.4 Å². The molecule has 2 aliphatic rings. The molecule has 2 aliphatic heterocycles. The first kappa shape index (κ1) is 18.4. The van der Waals surface area contributed by atoms with Crippen LogP contribution >= 0.6 is 12.4 Å². The van der Waals surface area contributed by atoms with Crippen molar-refractivity contribution < 1.29 is 9.59 Å². The fraction of sp³-hybridized carbons (Fsp3) is 0.300. The van der Waals surface area contributed by atoms with E-state index in [2.05, 4.69) is 17.4 Å². The number of para-hydroxylation sites is 1. The summed E-state index contributed by atoms with van der Waals surface area (Å²) in [6, 6.07) is 17.5. The molecule has 1 unspecified atom stereocenters. The first-order valence-corrected chi connectivity index (χ1v) is 8.61. The number of carbonyl (C=O) groups excluding carboxylic acids is 2. The normalized spacial score (nSPS) is 24.4. The Labute approximate surface area is 159 Å². The molecular formula is C20H22ClN3O2. The maximum atomic E-state index is 13.1. The Hall–Kier alpha value is -2.37. The Bertz CT molecular complexity index is 812. The van der Waals surface area contributed by atoms with Gasteiger partial charge in [-0.25, -0.2) is 0 Å². The molecule has 0 bridgehead atoms. The van der Waals surface area contributed by atoms with Crippen LogP contribution in [0.5, 0.6) is 0 Å². The van der Waals surface area contributed by atoms with E-state index in [-0.39, 0.29) is 42.6 Å². The standard InChI is InChI=1S/C20H21N3O2.ClH/c21-17-12-23(11-16(17)13-6-2-1-3-7-13)20(25)15-10-19(24)22-18-9-5-4-8-14(15)18;/h1-9,15-17H,10-12,21H2,(H,22,24);1H/t15?,16-,17+;/m0./s1. The molecule has 136 valence electrons. The molecule has 0 aliphatic carbocycles. The second-order valence-electron chi connectivity index (χ2n) is 6.82. The lowest BCUT2D eigenvalue weighted by molar-refractivity contribution is -0.134. The van der Waals surface area contributed by atoms with Crippen molar-refractivity contribution in [2.24, 2.45) is 5.73 Å². The van der Waals surface area contributed by atoms with Gasteiger partial charge in [0.2, 0.25) is 11.8 Å². The summed E-state index contributed by atoms with van der Waals surface area (Å²) in [5.41, 5.74) is 9.11. The van der Waals surface area contributed by atoms with Gasteiger partial charge in [-0.2, -0.15) is 0 Å². The van der Waals surface area contributed by atoms with Gasteiger partial charge in [-0.1, -0.05) is 48.5 Å². The van der Waals surface area contributed by atoms with E-state index >= 15 is 0 Å². The molecule has 2 heterocycles. The van der Waals surface area contributed by atoms with Crippen LogP contribution in [0, 0.1) is 0 Å². The van der Waals surface area contributed by atoms with Crippen molar-refractivity contribution in [3.8, 4) is 0 Å². The highest BCUT2D eigenvalue weighted by Gasteiger charge is 2.39. The van der Waals surface area contributed by atoms with Crippen molar-refractivity contribution in [1.82, 2.24) is 4.90 Å². The van der Waals surface area contributed by atoms with Gasteiger partial charge in [-0.05, 0) is 17.2 Å². The van der Waals surface area contributed by atoms with Gasteiger partial charge < -0.3 is 16.0 Å². The average molecular weight is 372 g/mol. The molecule has 0 aromatic heterocycles. The van der Waals surface area contributed by atoms with Crippen molar-refractivity contribution in [2.45, 2.75) is 24.3 Å². The minimum Gasteiger partial charge on any atom is -0.340 e. The Balaban J connectivity index is 0.00000196. The number of halogens is 1. The van der Waals surface area contributed by atoms with Gasteiger partial charge in [-0.3, -0.25) is 9.59 Å². The van der Waals surface area contributed by atoms with Gasteiger partial charge in [0.15, 0.2) is 0 Å². The summed E-state index contributed by atoms with van der Waals surface area (Å²) in [6.45, 7) is 1.13. The topological polar surface area (TPSA) is 75.4 Å². The van der Waals surface area contributed by atoms with Gasteiger partial charge >= 0.3 is 0 Å². The summed E-state index contributed by atoms with van der Waals surface area (Å²) in [5, 5.41) is 2.84. The molecule has 1 fully saturated rings. The number of hydrogen-bond donors (Lipinski definition) is 2.